The van der Waals surface area contributed by atoms with Crippen molar-refractivity contribution in [3.05, 3.63) is 10.6 Å². The first kappa shape index (κ1) is 11.6. The number of H-pyrrole nitrogens is 1. The quantitative estimate of drug-likeness (QED) is 0.821. The number of hydrogen-bond acceptors (Lipinski definition) is 3. The SMILES string of the molecule is Cn1c(CNC(=O)C2[C@@H]3[C@H]4CC[C@@H](C4)[C@H]23)n[nH]c1=S. The Bertz CT molecular complexity index is 576. The molecule has 1 unspecified atom stereocenters. The Morgan fingerprint density at radius 2 is 2.16 bits per heavy atom. The van der Waals surface area contributed by atoms with Crippen molar-refractivity contribution in [3.8, 4) is 0 Å². The van der Waals surface area contributed by atoms with Gasteiger partial charge in [0, 0.05) is 13.0 Å². The zero-order chi connectivity index (χ0) is 13.1. The summed E-state index contributed by atoms with van der Waals surface area (Å²) in [6, 6.07) is 0. The number of nitrogens with zero attached hydrogens (tertiary/aromatic N) is 2. The average Bonchev–Trinajstić information content (AvgIpc) is 2.67. The number of rotatable bonds is 3. The number of nitrogens with one attached hydrogen (secondary N) is 2. The molecule has 1 aromatic rings. The van der Waals surface area contributed by atoms with Gasteiger partial charge in [-0.1, -0.05) is 0 Å². The van der Waals surface area contributed by atoms with Gasteiger partial charge < -0.3 is 9.88 Å². The second-order valence-electron chi connectivity index (χ2n) is 6.24. The minimum Gasteiger partial charge on any atom is -0.349 e. The van der Waals surface area contributed by atoms with Crippen LogP contribution in [0.3, 0.4) is 0 Å². The number of amides is 1. The first-order valence-electron chi connectivity index (χ1n) is 7.05. The topological polar surface area (TPSA) is 62.7 Å². The van der Waals surface area contributed by atoms with Crippen LogP contribution in [0.25, 0.3) is 0 Å². The Morgan fingerprint density at radius 1 is 1.47 bits per heavy atom. The highest BCUT2D eigenvalue weighted by molar-refractivity contribution is 7.71. The van der Waals surface area contributed by atoms with E-state index in [2.05, 4.69) is 15.5 Å². The van der Waals surface area contributed by atoms with Crippen molar-refractivity contribution in [2.24, 2.45) is 36.6 Å². The number of carbonyl (C=O) groups excluding carboxylic acids is 1. The first-order valence-corrected chi connectivity index (χ1v) is 7.45. The van der Waals surface area contributed by atoms with Crippen LogP contribution < -0.4 is 5.32 Å². The summed E-state index contributed by atoms with van der Waals surface area (Å²) in [4.78, 5) is 12.2. The van der Waals surface area contributed by atoms with E-state index in [-0.39, 0.29) is 5.91 Å². The third kappa shape index (κ3) is 1.62. The van der Waals surface area contributed by atoms with Gasteiger partial charge in [-0.25, -0.2) is 0 Å². The maximum Gasteiger partial charge on any atom is 0.224 e. The van der Waals surface area contributed by atoms with Crippen molar-refractivity contribution in [1.29, 1.82) is 0 Å². The van der Waals surface area contributed by atoms with E-state index in [9.17, 15) is 4.79 Å². The van der Waals surface area contributed by atoms with E-state index in [0.29, 0.717) is 29.1 Å². The third-order valence-electron chi connectivity index (χ3n) is 5.43. The zero-order valence-corrected chi connectivity index (χ0v) is 11.7. The molecule has 1 amide bonds. The first-order chi connectivity index (χ1) is 9.16. The molecule has 2 N–H and O–H groups in total. The lowest BCUT2D eigenvalue weighted by molar-refractivity contribution is -0.123. The molecule has 3 aliphatic carbocycles. The molecule has 3 saturated carbocycles. The van der Waals surface area contributed by atoms with Gasteiger partial charge in [-0.3, -0.25) is 9.89 Å². The summed E-state index contributed by atoms with van der Waals surface area (Å²) in [6.07, 6.45) is 4.08. The number of aromatic amines is 1. The van der Waals surface area contributed by atoms with Crippen LogP contribution in [0.1, 0.15) is 25.1 Å². The second-order valence-corrected chi connectivity index (χ2v) is 6.62. The van der Waals surface area contributed by atoms with Crippen LogP contribution in [0.5, 0.6) is 0 Å². The molecule has 0 saturated heterocycles. The molecule has 102 valence electrons. The van der Waals surface area contributed by atoms with Gasteiger partial charge in [0.15, 0.2) is 10.6 Å². The maximum atomic E-state index is 12.2. The van der Waals surface area contributed by atoms with Gasteiger partial charge >= 0.3 is 0 Å². The van der Waals surface area contributed by atoms with Crippen LogP contribution in [0.15, 0.2) is 0 Å². The Labute approximate surface area is 116 Å². The van der Waals surface area contributed by atoms with Gasteiger partial charge in [0.1, 0.15) is 0 Å². The van der Waals surface area contributed by atoms with E-state index in [1.807, 2.05) is 7.05 Å². The van der Waals surface area contributed by atoms with Gasteiger partial charge in [-0.2, -0.15) is 5.10 Å². The average molecular weight is 278 g/mol. The fraction of sp³-hybridized carbons (Fsp3) is 0.769. The normalized spacial score (nSPS) is 38.3. The lowest BCUT2D eigenvalue weighted by Crippen LogP contribution is -2.28. The predicted octanol–water partition coefficient (Wildman–Crippen LogP) is 1.39. The third-order valence-corrected chi connectivity index (χ3v) is 5.80. The number of hydrogen-bond donors (Lipinski definition) is 2. The molecule has 19 heavy (non-hydrogen) atoms. The van der Waals surface area contributed by atoms with Gasteiger partial charge in [0.2, 0.25) is 5.91 Å². The lowest BCUT2D eigenvalue weighted by Gasteiger charge is -2.09. The number of aromatic nitrogens is 3. The monoisotopic (exact) mass is 278 g/mol. The lowest BCUT2D eigenvalue weighted by atomic mass is 10.0. The van der Waals surface area contributed by atoms with Gasteiger partial charge in [0.05, 0.1) is 6.54 Å². The number of carbonyl (C=O) groups is 1. The highest BCUT2D eigenvalue weighted by Crippen LogP contribution is 2.69. The molecule has 0 radical (unpaired) electrons. The van der Waals surface area contributed by atoms with Crippen molar-refractivity contribution < 1.29 is 4.79 Å². The summed E-state index contributed by atoms with van der Waals surface area (Å²) < 4.78 is 2.39. The maximum absolute atomic E-state index is 12.2. The molecule has 5 nitrogen and oxygen atoms in total. The molecule has 0 aliphatic heterocycles. The summed E-state index contributed by atoms with van der Waals surface area (Å²) in [5.41, 5.74) is 0. The zero-order valence-electron chi connectivity index (χ0n) is 10.9. The van der Waals surface area contributed by atoms with Crippen molar-refractivity contribution in [2.75, 3.05) is 0 Å². The molecule has 0 aromatic carbocycles. The summed E-state index contributed by atoms with van der Waals surface area (Å²) >= 11 is 5.05. The fourth-order valence-corrected chi connectivity index (χ4v) is 4.65. The molecular formula is C13H18N4OS. The molecule has 6 heteroatoms. The van der Waals surface area contributed by atoms with Crippen LogP contribution in [-0.2, 0) is 18.4 Å². The van der Waals surface area contributed by atoms with Gasteiger partial charge in [-0.15, -0.1) is 0 Å². The van der Waals surface area contributed by atoms with E-state index in [0.717, 1.165) is 17.7 Å². The van der Waals surface area contributed by atoms with Crippen molar-refractivity contribution >= 4 is 18.1 Å². The van der Waals surface area contributed by atoms with Crippen LogP contribution in [0, 0.1) is 34.4 Å². The molecule has 5 atom stereocenters. The summed E-state index contributed by atoms with van der Waals surface area (Å²) in [5, 5.41) is 9.87. The van der Waals surface area contributed by atoms with Gasteiger partial charge in [0.25, 0.3) is 0 Å². The minimum atomic E-state index is 0.223. The highest BCUT2D eigenvalue weighted by Gasteiger charge is 2.67. The van der Waals surface area contributed by atoms with E-state index in [4.69, 9.17) is 12.2 Å². The van der Waals surface area contributed by atoms with E-state index in [1.165, 1.54) is 19.3 Å². The van der Waals surface area contributed by atoms with E-state index in [1.54, 1.807) is 4.57 Å². The second kappa shape index (κ2) is 3.91. The molecule has 2 bridgehead atoms. The Hall–Kier alpha value is -1.17. The Morgan fingerprint density at radius 3 is 2.74 bits per heavy atom. The van der Waals surface area contributed by atoms with Crippen molar-refractivity contribution in [2.45, 2.75) is 25.8 Å². The molecular weight excluding hydrogens is 260 g/mol. The summed E-state index contributed by atoms with van der Waals surface area (Å²) in [7, 11) is 1.86. The molecule has 3 fully saturated rings. The largest absolute Gasteiger partial charge is 0.349 e. The van der Waals surface area contributed by atoms with E-state index < -0.39 is 0 Å². The van der Waals surface area contributed by atoms with Crippen molar-refractivity contribution in [3.63, 3.8) is 0 Å². The summed E-state index contributed by atoms with van der Waals surface area (Å²) in [5.74, 6) is 4.37. The van der Waals surface area contributed by atoms with Gasteiger partial charge in [-0.05, 0) is 55.2 Å². The molecule has 4 rings (SSSR count). The van der Waals surface area contributed by atoms with Crippen LogP contribution >= 0.6 is 12.2 Å². The molecule has 1 heterocycles. The van der Waals surface area contributed by atoms with Crippen molar-refractivity contribution in [1.82, 2.24) is 20.1 Å². The molecule has 0 spiro atoms. The molecule has 3 aliphatic rings. The van der Waals surface area contributed by atoms with Crippen LogP contribution in [0.4, 0.5) is 0 Å². The van der Waals surface area contributed by atoms with Crippen LogP contribution in [0.2, 0.25) is 0 Å². The van der Waals surface area contributed by atoms with Crippen LogP contribution in [-0.4, -0.2) is 20.7 Å². The number of fused-ring (bicyclic) bond motifs is 5. The molecule has 1 aromatic heterocycles. The smallest absolute Gasteiger partial charge is 0.224 e. The van der Waals surface area contributed by atoms with E-state index >= 15 is 0 Å². The summed E-state index contributed by atoms with van der Waals surface area (Å²) in [6.45, 7) is 0.466. The Kier molecular flexibility index (Phi) is 2.40. The Balaban J connectivity index is 1.39. The standard InChI is InChI=1S/C13H18N4OS/c1-17-8(15-16-13(17)19)5-14-12(18)11-9-6-2-3-7(4-6)10(9)11/h6-7,9-11H,2-5H2,1H3,(H,14,18)(H,16,19)/t6-,7-,9-,10+,11?/m0/s1. The fourth-order valence-electron chi connectivity index (χ4n) is 4.50. The predicted molar refractivity (Wildman–Crippen MR) is 71.5 cm³/mol. The highest BCUT2D eigenvalue weighted by atomic mass is 32.1. The minimum absolute atomic E-state index is 0.223.